The van der Waals surface area contributed by atoms with Crippen LogP contribution in [0.2, 0.25) is 0 Å². The molecule has 20 heavy (non-hydrogen) atoms. The number of aryl methyl sites for hydroxylation is 1. The van der Waals surface area contributed by atoms with Crippen LogP contribution in [0, 0.1) is 16.0 Å². The summed E-state index contributed by atoms with van der Waals surface area (Å²) in [7, 11) is 0. The van der Waals surface area contributed by atoms with Gasteiger partial charge in [-0.05, 0) is 19.3 Å². The van der Waals surface area contributed by atoms with Crippen LogP contribution >= 0.6 is 0 Å². The number of aliphatic hydroxyl groups is 1. The highest BCUT2D eigenvalue weighted by atomic mass is 16.6. The average molecular weight is 284 g/mol. The Bertz CT molecular complexity index is 486. The number of carbonyl (C=O) groups excluding carboxylic acids is 1. The molecule has 0 saturated carbocycles. The van der Waals surface area contributed by atoms with Crippen molar-refractivity contribution in [3.05, 3.63) is 21.5 Å². The Kier molecular flexibility index (Phi) is 5.63. The molecule has 2 unspecified atom stereocenters. The summed E-state index contributed by atoms with van der Waals surface area (Å²) in [6, 6.07) is -0.307. The number of carbonyl (C=O) groups is 1. The summed E-state index contributed by atoms with van der Waals surface area (Å²) in [6.45, 7) is 5.30. The molecule has 0 aliphatic heterocycles. The molecule has 1 amide bonds. The van der Waals surface area contributed by atoms with Crippen LogP contribution in [0.25, 0.3) is 0 Å². The van der Waals surface area contributed by atoms with E-state index < -0.39 is 10.8 Å². The molecule has 8 nitrogen and oxygen atoms in total. The fourth-order valence-corrected chi connectivity index (χ4v) is 1.73. The lowest BCUT2D eigenvalue weighted by Gasteiger charge is -2.18. The first-order valence-corrected chi connectivity index (χ1v) is 6.55. The third kappa shape index (κ3) is 3.53. The second-order valence-electron chi connectivity index (χ2n) is 4.83. The molecule has 8 heteroatoms. The van der Waals surface area contributed by atoms with Crippen molar-refractivity contribution in [3.63, 3.8) is 0 Å². The minimum absolute atomic E-state index is 0.0782. The monoisotopic (exact) mass is 284 g/mol. The highest BCUT2D eigenvalue weighted by Gasteiger charge is 2.29. The molecule has 0 aliphatic carbocycles. The van der Waals surface area contributed by atoms with Gasteiger partial charge < -0.3 is 10.4 Å². The van der Waals surface area contributed by atoms with Gasteiger partial charge in [-0.2, -0.15) is 5.10 Å². The lowest BCUT2D eigenvalue weighted by molar-refractivity contribution is -0.385. The minimum atomic E-state index is -0.608. The van der Waals surface area contributed by atoms with Gasteiger partial charge in [0.05, 0.1) is 4.92 Å². The van der Waals surface area contributed by atoms with E-state index in [1.807, 2.05) is 6.92 Å². The van der Waals surface area contributed by atoms with Crippen molar-refractivity contribution in [3.8, 4) is 0 Å². The molecular formula is C12H20N4O4. The Morgan fingerprint density at radius 2 is 2.20 bits per heavy atom. The third-order valence-corrected chi connectivity index (χ3v) is 3.21. The van der Waals surface area contributed by atoms with Crippen molar-refractivity contribution in [1.82, 2.24) is 15.5 Å². The standard InChI is InChI=1S/C12H20N4O4/c1-4-5-9-11(16(19)20)10(15-14-9)12(18)13-8(3)7(2)6-17/h7-8,17H,4-6H2,1-3H3,(H,13,18)(H,14,15). The van der Waals surface area contributed by atoms with E-state index >= 15 is 0 Å². The number of nitrogens with zero attached hydrogens (tertiary/aromatic N) is 2. The third-order valence-electron chi connectivity index (χ3n) is 3.21. The normalized spacial score (nSPS) is 13.8. The molecule has 0 radical (unpaired) electrons. The van der Waals surface area contributed by atoms with E-state index in [0.29, 0.717) is 18.5 Å². The number of aromatic nitrogens is 2. The van der Waals surface area contributed by atoms with Gasteiger partial charge in [0, 0.05) is 12.6 Å². The molecule has 1 aromatic rings. The lowest BCUT2D eigenvalue weighted by atomic mass is 10.1. The highest BCUT2D eigenvalue weighted by Crippen LogP contribution is 2.22. The molecule has 112 valence electrons. The Labute approximate surface area is 116 Å². The SMILES string of the molecule is CCCc1[nH]nc(C(=O)NC(C)C(C)CO)c1[N+](=O)[O-]. The number of nitro groups is 1. The maximum atomic E-state index is 12.0. The van der Waals surface area contributed by atoms with Crippen molar-refractivity contribution in [1.29, 1.82) is 0 Å². The van der Waals surface area contributed by atoms with Gasteiger partial charge in [0.15, 0.2) is 0 Å². The summed E-state index contributed by atoms with van der Waals surface area (Å²) >= 11 is 0. The van der Waals surface area contributed by atoms with Crippen molar-refractivity contribution in [2.75, 3.05) is 6.61 Å². The van der Waals surface area contributed by atoms with Crippen LogP contribution in [-0.4, -0.2) is 38.8 Å². The van der Waals surface area contributed by atoms with Crippen molar-refractivity contribution >= 4 is 11.6 Å². The maximum Gasteiger partial charge on any atom is 0.322 e. The Morgan fingerprint density at radius 3 is 2.70 bits per heavy atom. The van der Waals surface area contributed by atoms with E-state index in [-0.39, 0.29) is 29.9 Å². The molecule has 0 fully saturated rings. The van der Waals surface area contributed by atoms with Gasteiger partial charge in [-0.1, -0.05) is 20.3 Å². The van der Waals surface area contributed by atoms with E-state index in [0.717, 1.165) is 0 Å². The highest BCUT2D eigenvalue weighted by molar-refractivity contribution is 5.96. The molecule has 0 aromatic carbocycles. The van der Waals surface area contributed by atoms with E-state index in [4.69, 9.17) is 5.11 Å². The van der Waals surface area contributed by atoms with Crippen LogP contribution in [-0.2, 0) is 6.42 Å². The number of rotatable bonds is 7. The van der Waals surface area contributed by atoms with Crippen LogP contribution in [0.1, 0.15) is 43.4 Å². The first-order valence-electron chi connectivity index (χ1n) is 6.55. The van der Waals surface area contributed by atoms with Crippen molar-refractivity contribution in [2.24, 2.45) is 5.92 Å². The number of H-pyrrole nitrogens is 1. The minimum Gasteiger partial charge on any atom is -0.396 e. The van der Waals surface area contributed by atoms with Gasteiger partial charge in [-0.3, -0.25) is 20.0 Å². The first-order chi connectivity index (χ1) is 9.42. The van der Waals surface area contributed by atoms with Gasteiger partial charge >= 0.3 is 5.69 Å². The Hall–Kier alpha value is -1.96. The van der Waals surface area contributed by atoms with Crippen LogP contribution in [0.5, 0.6) is 0 Å². The molecule has 3 N–H and O–H groups in total. The summed E-state index contributed by atoms with van der Waals surface area (Å²) in [5.41, 5.74) is -0.130. The Balaban J connectivity index is 2.96. The van der Waals surface area contributed by atoms with Gasteiger partial charge in [-0.15, -0.1) is 0 Å². The summed E-state index contributed by atoms with van der Waals surface area (Å²) in [4.78, 5) is 22.5. The zero-order valence-corrected chi connectivity index (χ0v) is 11.8. The average Bonchev–Trinajstić information content (AvgIpc) is 2.82. The van der Waals surface area contributed by atoms with Crippen molar-refractivity contribution in [2.45, 2.75) is 39.7 Å². The topological polar surface area (TPSA) is 121 Å². The predicted molar refractivity (Wildman–Crippen MR) is 72.4 cm³/mol. The molecular weight excluding hydrogens is 264 g/mol. The second-order valence-corrected chi connectivity index (χ2v) is 4.83. The van der Waals surface area contributed by atoms with E-state index in [2.05, 4.69) is 15.5 Å². The maximum absolute atomic E-state index is 12.0. The molecule has 2 atom stereocenters. The quantitative estimate of drug-likeness (QED) is 0.509. The number of hydrogen-bond acceptors (Lipinski definition) is 5. The molecule has 1 rings (SSSR count). The van der Waals surface area contributed by atoms with E-state index in [1.54, 1.807) is 13.8 Å². The fraction of sp³-hybridized carbons (Fsp3) is 0.667. The molecule has 1 aromatic heterocycles. The largest absolute Gasteiger partial charge is 0.396 e. The zero-order chi connectivity index (χ0) is 15.3. The van der Waals surface area contributed by atoms with Gasteiger partial charge in [-0.25, -0.2) is 0 Å². The summed E-state index contributed by atoms with van der Waals surface area (Å²) in [6.07, 6.45) is 1.17. The Morgan fingerprint density at radius 1 is 1.55 bits per heavy atom. The molecule has 0 saturated heterocycles. The molecule has 0 spiro atoms. The lowest BCUT2D eigenvalue weighted by Crippen LogP contribution is -2.38. The molecule has 1 heterocycles. The number of aromatic amines is 1. The van der Waals surface area contributed by atoms with Gasteiger partial charge in [0.1, 0.15) is 5.69 Å². The number of amides is 1. The summed E-state index contributed by atoms with van der Waals surface area (Å²) in [5.74, 6) is -0.754. The molecule has 0 bridgehead atoms. The number of nitrogens with one attached hydrogen (secondary N) is 2. The zero-order valence-electron chi connectivity index (χ0n) is 11.8. The van der Waals surface area contributed by atoms with Crippen LogP contribution in [0.4, 0.5) is 5.69 Å². The predicted octanol–water partition coefficient (Wildman–Crippen LogP) is 1.02. The number of aliphatic hydroxyl groups excluding tert-OH is 1. The second kappa shape index (κ2) is 6.99. The summed E-state index contributed by atoms with van der Waals surface area (Å²) in [5, 5.41) is 29.0. The fourth-order valence-electron chi connectivity index (χ4n) is 1.73. The van der Waals surface area contributed by atoms with E-state index in [1.165, 1.54) is 0 Å². The van der Waals surface area contributed by atoms with E-state index in [9.17, 15) is 14.9 Å². The molecule has 0 aliphatic rings. The first kappa shape index (κ1) is 16.1. The van der Waals surface area contributed by atoms with Crippen LogP contribution < -0.4 is 5.32 Å². The van der Waals surface area contributed by atoms with Crippen LogP contribution in [0.15, 0.2) is 0 Å². The van der Waals surface area contributed by atoms with Crippen molar-refractivity contribution < 1.29 is 14.8 Å². The van der Waals surface area contributed by atoms with Gasteiger partial charge in [0.2, 0.25) is 5.69 Å². The van der Waals surface area contributed by atoms with Crippen LogP contribution in [0.3, 0.4) is 0 Å². The smallest absolute Gasteiger partial charge is 0.322 e. The number of hydrogen-bond donors (Lipinski definition) is 3. The van der Waals surface area contributed by atoms with Gasteiger partial charge in [0.25, 0.3) is 5.91 Å². The summed E-state index contributed by atoms with van der Waals surface area (Å²) < 4.78 is 0.